The van der Waals surface area contributed by atoms with Crippen molar-refractivity contribution in [3.05, 3.63) is 29.3 Å². The maximum atomic E-state index is 12.1. The Balaban J connectivity index is 2.34. The van der Waals surface area contributed by atoms with E-state index in [4.69, 9.17) is 12.2 Å². The lowest BCUT2D eigenvalue weighted by molar-refractivity contribution is -0.115. The van der Waals surface area contributed by atoms with Crippen LogP contribution in [-0.2, 0) is 4.79 Å². The molecule has 0 unspecified atom stereocenters. The summed E-state index contributed by atoms with van der Waals surface area (Å²) < 4.78 is 0. The van der Waals surface area contributed by atoms with Crippen LogP contribution in [0.25, 0.3) is 0 Å². The van der Waals surface area contributed by atoms with Crippen molar-refractivity contribution < 1.29 is 4.79 Å². The van der Waals surface area contributed by atoms with Crippen molar-refractivity contribution in [1.29, 1.82) is 0 Å². The van der Waals surface area contributed by atoms with E-state index in [-0.39, 0.29) is 12.5 Å². The number of amides is 1. The maximum Gasteiger partial charge on any atom is 0.243 e. The van der Waals surface area contributed by atoms with Crippen LogP contribution in [0, 0.1) is 19.8 Å². The summed E-state index contributed by atoms with van der Waals surface area (Å²) in [4.78, 5) is 12.1. The van der Waals surface area contributed by atoms with Crippen molar-refractivity contribution >= 4 is 28.9 Å². The second kappa shape index (κ2) is 11.0. The SMILES string of the molecule is CCCC[C@H](CC)CNC(=S)NCC(=O)Nc1c(C)cccc1C. The molecule has 134 valence electrons. The fraction of sp³-hybridized carbons (Fsp3) is 0.579. The number of thiocarbonyl (C=S) groups is 1. The van der Waals surface area contributed by atoms with E-state index in [1.807, 2.05) is 32.0 Å². The van der Waals surface area contributed by atoms with Gasteiger partial charge in [0.1, 0.15) is 0 Å². The Labute approximate surface area is 151 Å². The number of benzene rings is 1. The minimum absolute atomic E-state index is 0.0884. The zero-order valence-corrected chi connectivity index (χ0v) is 16.2. The number of hydrogen-bond donors (Lipinski definition) is 3. The van der Waals surface area contributed by atoms with E-state index < -0.39 is 0 Å². The van der Waals surface area contributed by atoms with Crippen molar-refractivity contribution in [3.63, 3.8) is 0 Å². The van der Waals surface area contributed by atoms with Gasteiger partial charge < -0.3 is 16.0 Å². The number of aryl methyl sites for hydroxylation is 2. The largest absolute Gasteiger partial charge is 0.362 e. The molecular formula is C19H31N3OS. The van der Waals surface area contributed by atoms with Crippen molar-refractivity contribution in [2.75, 3.05) is 18.4 Å². The standard InChI is InChI=1S/C19H31N3OS/c1-5-7-11-16(6-2)12-20-19(24)21-13-17(23)22-18-14(3)9-8-10-15(18)4/h8-10,16H,5-7,11-13H2,1-4H3,(H,22,23)(H2,20,21,24)/t16-/m0/s1. The van der Waals surface area contributed by atoms with E-state index in [0.29, 0.717) is 11.0 Å². The number of anilines is 1. The molecule has 0 saturated carbocycles. The summed E-state index contributed by atoms with van der Waals surface area (Å²) >= 11 is 5.27. The first-order chi connectivity index (χ1) is 11.5. The molecule has 0 aromatic heterocycles. The number of carbonyl (C=O) groups excluding carboxylic acids is 1. The van der Waals surface area contributed by atoms with Gasteiger partial charge in [-0.15, -0.1) is 0 Å². The average molecular weight is 350 g/mol. The van der Waals surface area contributed by atoms with Crippen molar-refractivity contribution in [3.8, 4) is 0 Å². The third kappa shape index (κ3) is 7.30. The molecule has 0 spiro atoms. The Morgan fingerprint density at radius 2 is 1.83 bits per heavy atom. The highest BCUT2D eigenvalue weighted by Crippen LogP contribution is 2.19. The van der Waals surface area contributed by atoms with Crippen LogP contribution in [0.15, 0.2) is 18.2 Å². The number of hydrogen-bond acceptors (Lipinski definition) is 2. The lowest BCUT2D eigenvalue weighted by atomic mass is 9.99. The molecular weight excluding hydrogens is 318 g/mol. The van der Waals surface area contributed by atoms with E-state index in [1.165, 1.54) is 19.3 Å². The first-order valence-corrected chi connectivity index (χ1v) is 9.26. The van der Waals surface area contributed by atoms with Gasteiger partial charge in [-0.25, -0.2) is 0 Å². The fourth-order valence-corrected chi connectivity index (χ4v) is 2.75. The third-order valence-electron chi connectivity index (χ3n) is 4.25. The van der Waals surface area contributed by atoms with Gasteiger partial charge in [0.2, 0.25) is 5.91 Å². The number of unbranched alkanes of at least 4 members (excludes halogenated alkanes) is 1. The molecule has 1 aromatic carbocycles. The molecule has 0 fully saturated rings. The fourth-order valence-electron chi connectivity index (χ4n) is 2.60. The molecule has 1 amide bonds. The number of nitrogens with one attached hydrogen (secondary N) is 3. The molecule has 0 aliphatic carbocycles. The zero-order chi connectivity index (χ0) is 17.9. The summed E-state index contributed by atoms with van der Waals surface area (Å²) in [5.41, 5.74) is 3.00. The van der Waals surface area contributed by atoms with Gasteiger partial charge in [0.05, 0.1) is 6.54 Å². The monoisotopic (exact) mass is 349 g/mol. The molecule has 0 aliphatic rings. The van der Waals surface area contributed by atoms with Gasteiger partial charge in [-0.3, -0.25) is 4.79 Å². The summed E-state index contributed by atoms with van der Waals surface area (Å²) in [6.07, 6.45) is 4.83. The van der Waals surface area contributed by atoms with Gasteiger partial charge in [-0.05, 0) is 49.5 Å². The van der Waals surface area contributed by atoms with E-state index in [0.717, 1.165) is 29.8 Å². The highest BCUT2D eigenvalue weighted by molar-refractivity contribution is 7.80. The van der Waals surface area contributed by atoms with Crippen LogP contribution in [0.5, 0.6) is 0 Å². The third-order valence-corrected chi connectivity index (χ3v) is 4.54. The first-order valence-electron chi connectivity index (χ1n) is 8.85. The van der Waals surface area contributed by atoms with Gasteiger partial charge in [0.25, 0.3) is 0 Å². The first kappa shape index (κ1) is 20.4. The molecule has 1 atom stereocenters. The van der Waals surface area contributed by atoms with E-state index in [2.05, 4.69) is 29.8 Å². The molecule has 24 heavy (non-hydrogen) atoms. The minimum Gasteiger partial charge on any atom is -0.362 e. The molecule has 1 rings (SSSR count). The van der Waals surface area contributed by atoms with Crippen LogP contribution in [0.3, 0.4) is 0 Å². The van der Waals surface area contributed by atoms with Crippen molar-refractivity contribution in [2.24, 2.45) is 5.92 Å². The quantitative estimate of drug-likeness (QED) is 0.592. The van der Waals surface area contributed by atoms with Crippen LogP contribution in [0.1, 0.15) is 50.7 Å². The van der Waals surface area contributed by atoms with E-state index in [1.54, 1.807) is 0 Å². The molecule has 4 nitrogen and oxygen atoms in total. The molecule has 0 saturated heterocycles. The molecule has 0 heterocycles. The van der Waals surface area contributed by atoms with Crippen LogP contribution in [-0.4, -0.2) is 24.1 Å². The van der Waals surface area contributed by atoms with Gasteiger partial charge in [-0.1, -0.05) is 51.3 Å². The number of para-hydroxylation sites is 1. The highest BCUT2D eigenvalue weighted by atomic mass is 32.1. The Kier molecular flexibility index (Phi) is 9.38. The predicted molar refractivity (Wildman–Crippen MR) is 106 cm³/mol. The lowest BCUT2D eigenvalue weighted by Crippen LogP contribution is -2.41. The Hall–Kier alpha value is -1.62. The van der Waals surface area contributed by atoms with Crippen LogP contribution in [0.2, 0.25) is 0 Å². The topological polar surface area (TPSA) is 53.2 Å². The predicted octanol–water partition coefficient (Wildman–Crippen LogP) is 3.92. The Bertz CT molecular complexity index is 525. The summed E-state index contributed by atoms with van der Waals surface area (Å²) in [5, 5.41) is 9.70. The summed E-state index contributed by atoms with van der Waals surface area (Å²) in [7, 11) is 0. The molecule has 1 aromatic rings. The summed E-state index contributed by atoms with van der Waals surface area (Å²) in [5.74, 6) is 0.544. The van der Waals surface area contributed by atoms with Crippen molar-refractivity contribution in [2.45, 2.75) is 53.4 Å². The molecule has 0 aliphatic heterocycles. The molecule has 0 bridgehead atoms. The molecule has 3 N–H and O–H groups in total. The summed E-state index contributed by atoms with van der Waals surface area (Å²) in [6.45, 7) is 9.43. The van der Waals surface area contributed by atoms with E-state index >= 15 is 0 Å². The Morgan fingerprint density at radius 3 is 2.42 bits per heavy atom. The van der Waals surface area contributed by atoms with Crippen molar-refractivity contribution in [1.82, 2.24) is 10.6 Å². The van der Waals surface area contributed by atoms with Crippen LogP contribution >= 0.6 is 12.2 Å². The second-order valence-electron chi connectivity index (χ2n) is 6.30. The highest BCUT2D eigenvalue weighted by Gasteiger charge is 2.09. The van der Waals surface area contributed by atoms with E-state index in [9.17, 15) is 4.79 Å². The van der Waals surface area contributed by atoms with Crippen LogP contribution in [0.4, 0.5) is 5.69 Å². The van der Waals surface area contributed by atoms with Gasteiger partial charge in [0.15, 0.2) is 5.11 Å². The zero-order valence-electron chi connectivity index (χ0n) is 15.4. The average Bonchev–Trinajstić information content (AvgIpc) is 2.56. The minimum atomic E-state index is -0.0884. The van der Waals surface area contributed by atoms with Crippen LogP contribution < -0.4 is 16.0 Å². The number of carbonyl (C=O) groups is 1. The van der Waals surface area contributed by atoms with Gasteiger partial charge in [-0.2, -0.15) is 0 Å². The second-order valence-corrected chi connectivity index (χ2v) is 6.70. The molecule has 5 heteroatoms. The molecule has 0 radical (unpaired) electrons. The lowest BCUT2D eigenvalue weighted by Gasteiger charge is -2.17. The normalized spacial score (nSPS) is 11.7. The summed E-state index contributed by atoms with van der Waals surface area (Å²) in [6, 6.07) is 5.97. The van der Waals surface area contributed by atoms with Gasteiger partial charge >= 0.3 is 0 Å². The maximum absolute atomic E-state index is 12.1. The van der Waals surface area contributed by atoms with Gasteiger partial charge in [0, 0.05) is 12.2 Å². The number of rotatable bonds is 9. The smallest absolute Gasteiger partial charge is 0.243 e. The Morgan fingerprint density at radius 1 is 1.17 bits per heavy atom.